The SMILES string of the molecule is CCc1ccc(CNC(=O)c2cc(N)cnc2C)s1. The molecule has 0 unspecified atom stereocenters. The largest absolute Gasteiger partial charge is 0.397 e. The molecule has 5 heteroatoms. The number of aromatic nitrogens is 1. The highest BCUT2D eigenvalue weighted by molar-refractivity contribution is 7.11. The average molecular weight is 275 g/mol. The molecule has 0 fully saturated rings. The Hall–Kier alpha value is -1.88. The lowest BCUT2D eigenvalue weighted by Crippen LogP contribution is -2.23. The summed E-state index contributed by atoms with van der Waals surface area (Å²) >= 11 is 1.72. The Morgan fingerprint density at radius 2 is 2.16 bits per heavy atom. The Balaban J connectivity index is 2.03. The van der Waals surface area contributed by atoms with Crippen molar-refractivity contribution in [1.29, 1.82) is 0 Å². The van der Waals surface area contributed by atoms with Gasteiger partial charge in [0.25, 0.3) is 5.91 Å². The Bertz CT molecular complexity index is 592. The van der Waals surface area contributed by atoms with Crippen LogP contribution in [0, 0.1) is 6.92 Å². The molecular weight excluding hydrogens is 258 g/mol. The Morgan fingerprint density at radius 1 is 1.42 bits per heavy atom. The highest BCUT2D eigenvalue weighted by Crippen LogP contribution is 2.17. The number of carbonyl (C=O) groups is 1. The minimum atomic E-state index is -0.135. The lowest BCUT2D eigenvalue weighted by molar-refractivity contribution is 0.0950. The van der Waals surface area contributed by atoms with Crippen LogP contribution in [-0.4, -0.2) is 10.9 Å². The van der Waals surface area contributed by atoms with Gasteiger partial charge in [-0.05, 0) is 31.5 Å². The molecule has 4 nitrogen and oxygen atoms in total. The lowest BCUT2D eigenvalue weighted by Gasteiger charge is -2.06. The first kappa shape index (κ1) is 13.5. The van der Waals surface area contributed by atoms with E-state index in [2.05, 4.69) is 23.3 Å². The third kappa shape index (κ3) is 3.32. The van der Waals surface area contributed by atoms with Crippen molar-refractivity contribution >= 4 is 22.9 Å². The topological polar surface area (TPSA) is 68.0 Å². The van der Waals surface area contributed by atoms with Crippen LogP contribution in [0.25, 0.3) is 0 Å². The maximum absolute atomic E-state index is 12.1. The third-order valence-corrected chi connectivity index (χ3v) is 4.07. The van der Waals surface area contributed by atoms with E-state index in [4.69, 9.17) is 5.73 Å². The number of anilines is 1. The number of hydrogen-bond donors (Lipinski definition) is 2. The number of rotatable bonds is 4. The van der Waals surface area contributed by atoms with Gasteiger partial charge >= 0.3 is 0 Å². The van der Waals surface area contributed by atoms with Gasteiger partial charge in [0.15, 0.2) is 0 Å². The molecule has 3 N–H and O–H groups in total. The summed E-state index contributed by atoms with van der Waals surface area (Å²) in [4.78, 5) is 18.6. The number of thiophene rings is 1. The summed E-state index contributed by atoms with van der Waals surface area (Å²) in [7, 11) is 0. The molecule has 0 aliphatic carbocycles. The van der Waals surface area contributed by atoms with Crippen molar-refractivity contribution in [1.82, 2.24) is 10.3 Å². The number of nitrogens with one attached hydrogen (secondary N) is 1. The maximum Gasteiger partial charge on any atom is 0.253 e. The summed E-state index contributed by atoms with van der Waals surface area (Å²) in [6.07, 6.45) is 2.58. The molecule has 0 radical (unpaired) electrons. The quantitative estimate of drug-likeness (QED) is 0.901. The van der Waals surface area contributed by atoms with Crippen molar-refractivity contribution < 1.29 is 4.79 Å². The second-order valence-electron chi connectivity index (χ2n) is 4.31. The van der Waals surface area contributed by atoms with Crippen molar-refractivity contribution in [2.24, 2.45) is 0 Å². The van der Waals surface area contributed by atoms with Crippen molar-refractivity contribution in [2.45, 2.75) is 26.8 Å². The fourth-order valence-corrected chi connectivity index (χ4v) is 2.65. The fraction of sp³-hybridized carbons (Fsp3) is 0.286. The van der Waals surface area contributed by atoms with Crippen LogP contribution in [0.15, 0.2) is 24.4 Å². The number of hydrogen-bond acceptors (Lipinski definition) is 4. The standard InChI is InChI=1S/C14H17N3OS/c1-3-11-4-5-12(19-11)8-17-14(18)13-6-10(15)7-16-9(13)2/h4-7H,3,8,15H2,1-2H3,(H,17,18). The highest BCUT2D eigenvalue weighted by Gasteiger charge is 2.10. The monoisotopic (exact) mass is 275 g/mol. The fourth-order valence-electron chi connectivity index (χ4n) is 1.75. The summed E-state index contributed by atoms with van der Waals surface area (Å²) in [6, 6.07) is 5.80. The Morgan fingerprint density at radius 3 is 2.84 bits per heavy atom. The van der Waals surface area contributed by atoms with Crippen molar-refractivity contribution in [3.63, 3.8) is 0 Å². The molecule has 0 aromatic carbocycles. The summed E-state index contributed by atoms with van der Waals surface area (Å²) < 4.78 is 0. The zero-order valence-corrected chi connectivity index (χ0v) is 11.9. The third-order valence-electron chi connectivity index (χ3n) is 2.84. The second kappa shape index (κ2) is 5.84. The molecule has 0 saturated heterocycles. The van der Waals surface area contributed by atoms with Crippen LogP contribution in [0.4, 0.5) is 5.69 Å². The van der Waals surface area contributed by atoms with Gasteiger partial charge in [0.05, 0.1) is 29.7 Å². The summed E-state index contributed by atoms with van der Waals surface area (Å²) in [5.74, 6) is -0.135. The molecule has 0 bridgehead atoms. The van der Waals surface area contributed by atoms with E-state index in [1.165, 1.54) is 4.88 Å². The molecule has 19 heavy (non-hydrogen) atoms. The maximum atomic E-state index is 12.1. The highest BCUT2D eigenvalue weighted by atomic mass is 32.1. The van der Waals surface area contributed by atoms with Crippen LogP contribution >= 0.6 is 11.3 Å². The molecule has 2 rings (SSSR count). The first-order valence-corrected chi connectivity index (χ1v) is 6.99. The summed E-state index contributed by atoms with van der Waals surface area (Å²) in [6.45, 7) is 4.46. The molecule has 1 amide bonds. The molecule has 100 valence electrons. The molecule has 2 aromatic rings. The number of amides is 1. The molecule has 0 spiro atoms. The van der Waals surface area contributed by atoms with Crippen molar-refractivity contribution in [2.75, 3.05) is 5.73 Å². The van der Waals surface area contributed by atoms with E-state index in [0.717, 1.165) is 11.3 Å². The number of nitrogen functional groups attached to an aromatic ring is 1. The number of nitrogens with two attached hydrogens (primary N) is 1. The first-order valence-electron chi connectivity index (χ1n) is 6.18. The Labute approximate surface area is 116 Å². The van der Waals surface area contributed by atoms with E-state index in [-0.39, 0.29) is 5.91 Å². The second-order valence-corrected chi connectivity index (χ2v) is 5.56. The van der Waals surface area contributed by atoms with E-state index in [1.54, 1.807) is 30.5 Å². The van der Waals surface area contributed by atoms with Gasteiger partial charge in [-0.25, -0.2) is 0 Å². The van der Waals surface area contributed by atoms with Gasteiger partial charge in [-0.15, -0.1) is 11.3 Å². The Kier molecular flexibility index (Phi) is 4.16. The molecular formula is C14H17N3OS. The summed E-state index contributed by atoms with van der Waals surface area (Å²) in [5.41, 5.74) is 7.38. The van der Waals surface area contributed by atoms with E-state index in [0.29, 0.717) is 23.5 Å². The number of pyridine rings is 1. The normalized spacial score (nSPS) is 10.4. The van der Waals surface area contributed by atoms with E-state index >= 15 is 0 Å². The molecule has 0 aliphatic rings. The lowest BCUT2D eigenvalue weighted by atomic mass is 10.2. The van der Waals surface area contributed by atoms with E-state index in [9.17, 15) is 4.79 Å². The molecule has 0 atom stereocenters. The van der Waals surface area contributed by atoms with Gasteiger partial charge in [0.2, 0.25) is 0 Å². The molecule has 0 saturated carbocycles. The van der Waals surface area contributed by atoms with Gasteiger partial charge in [0, 0.05) is 9.75 Å². The zero-order valence-electron chi connectivity index (χ0n) is 11.1. The van der Waals surface area contributed by atoms with Crippen LogP contribution in [0.1, 0.15) is 32.7 Å². The first-order chi connectivity index (χ1) is 9.10. The van der Waals surface area contributed by atoms with Crippen LogP contribution in [0.3, 0.4) is 0 Å². The van der Waals surface area contributed by atoms with Gasteiger partial charge in [-0.2, -0.15) is 0 Å². The predicted molar refractivity (Wildman–Crippen MR) is 78.3 cm³/mol. The number of nitrogens with zero attached hydrogens (tertiary/aromatic N) is 1. The van der Waals surface area contributed by atoms with Gasteiger partial charge in [-0.3, -0.25) is 9.78 Å². The van der Waals surface area contributed by atoms with Crippen LogP contribution in [-0.2, 0) is 13.0 Å². The van der Waals surface area contributed by atoms with E-state index in [1.807, 2.05) is 6.07 Å². The van der Waals surface area contributed by atoms with E-state index < -0.39 is 0 Å². The van der Waals surface area contributed by atoms with Crippen molar-refractivity contribution in [3.8, 4) is 0 Å². The minimum absolute atomic E-state index is 0.135. The van der Waals surface area contributed by atoms with Crippen LogP contribution in [0.5, 0.6) is 0 Å². The van der Waals surface area contributed by atoms with Crippen LogP contribution < -0.4 is 11.1 Å². The average Bonchev–Trinajstić information content (AvgIpc) is 2.87. The minimum Gasteiger partial charge on any atom is -0.397 e. The smallest absolute Gasteiger partial charge is 0.253 e. The van der Waals surface area contributed by atoms with Crippen LogP contribution in [0.2, 0.25) is 0 Å². The molecule has 2 aromatic heterocycles. The zero-order chi connectivity index (χ0) is 13.8. The number of aryl methyl sites for hydroxylation is 2. The van der Waals surface area contributed by atoms with Crippen molar-refractivity contribution in [3.05, 3.63) is 45.4 Å². The van der Waals surface area contributed by atoms with Gasteiger partial charge in [0.1, 0.15) is 0 Å². The van der Waals surface area contributed by atoms with Gasteiger partial charge < -0.3 is 11.1 Å². The number of carbonyl (C=O) groups excluding carboxylic acids is 1. The predicted octanol–water partition coefficient (Wildman–Crippen LogP) is 2.53. The molecule has 2 heterocycles. The molecule has 0 aliphatic heterocycles. The van der Waals surface area contributed by atoms with Gasteiger partial charge in [-0.1, -0.05) is 6.92 Å². The summed E-state index contributed by atoms with van der Waals surface area (Å²) in [5, 5.41) is 2.90.